The molecule has 16 bridgehead atoms. The molecule has 40 heteroatoms. The minimum Gasteiger partial charge on any atom is -0.394 e. The molecule has 26 fully saturated rings. The number of rotatable bonds is 8. The molecule has 0 aliphatic carbocycles. The Morgan fingerprint density at radius 2 is 0.273 bits per heavy atom. The summed E-state index contributed by atoms with van der Waals surface area (Å²) < 4.78 is 91.1. The number of hydrogen-bond donors (Lipinski definition) is 24. The van der Waals surface area contributed by atoms with Crippen molar-refractivity contribution in [3.05, 3.63) is 0 Å². The lowest BCUT2D eigenvalue weighted by atomic mass is 9.95. The van der Waals surface area contributed by atoms with Crippen LogP contribution in [0.5, 0.6) is 0 Å². The van der Waals surface area contributed by atoms with E-state index in [4.69, 9.17) is 75.8 Å². The van der Waals surface area contributed by atoms with E-state index in [1.54, 1.807) is 0 Å². The second-order valence-electron chi connectivity index (χ2n) is 22.5. The van der Waals surface area contributed by atoms with Gasteiger partial charge in [0.2, 0.25) is 0 Å². The standard InChI is InChI=1S/C48H80O40/c49-1-9-17(57)40-32(72)48(73-9)87-39-16(8-56)79-46(30(70)23(39)63)85-37-14(6-54)77-44(28(68)21(37)61)83-35-12(4-52)75-42(26(66)19(35)59)81-33-10(2-50)74-41(25(65)18(33)58)82-34-11(3-51)76-43(27(67)20(34)60)84-36-13(5-53)78-45(29(69)22(36)62)86-38-15(7-55)80-47(88-40)31(71)24(38)64/h9-72H,1-8H2/t9?,10?,11?,12?,13?,14?,15?,16?,17-,18-,19-,20-,21-,22?,23-,24-,25?,26?,27?,28?,29+,30?,31?,32?,33-,34-,35-,36-,37-,38-,39-,40+,41-,42-,43-,44-,45-,46-,47-,48+/m1/s1. The van der Waals surface area contributed by atoms with Crippen LogP contribution in [0.4, 0.5) is 0 Å². The number of hydrogen-bond acceptors (Lipinski definition) is 40. The van der Waals surface area contributed by atoms with Crippen molar-refractivity contribution in [2.75, 3.05) is 52.9 Å². The highest BCUT2D eigenvalue weighted by Gasteiger charge is 2.60. The fourth-order valence-corrected chi connectivity index (χ4v) is 11.9. The van der Waals surface area contributed by atoms with Crippen LogP contribution in [0.1, 0.15) is 0 Å². The number of ether oxygens (including phenoxy) is 16. The van der Waals surface area contributed by atoms with Gasteiger partial charge in [-0.3, -0.25) is 0 Å². The van der Waals surface area contributed by atoms with Gasteiger partial charge in [0.25, 0.3) is 0 Å². The van der Waals surface area contributed by atoms with Crippen LogP contribution < -0.4 is 0 Å². The summed E-state index contributed by atoms with van der Waals surface area (Å²) in [6.07, 6.45) is -82.4. The molecule has 24 N–H and O–H groups in total. The molecule has 26 saturated heterocycles. The highest BCUT2D eigenvalue weighted by atomic mass is 16.8. The van der Waals surface area contributed by atoms with Crippen molar-refractivity contribution in [1.82, 2.24) is 0 Å². The first-order chi connectivity index (χ1) is 41.9. The second-order valence-corrected chi connectivity index (χ2v) is 22.5. The molecule has 0 spiro atoms. The monoisotopic (exact) mass is 1300 g/mol. The molecule has 26 heterocycles. The van der Waals surface area contributed by atoms with Gasteiger partial charge < -0.3 is 198 Å². The normalized spacial score (nSPS) is 55.4. The first-order valence-electron chi connectivity index (χ1n) is 28.1. The maximum absolute atomic E-state index is 11.6. The summed E-state index contributed by atoms with van der Waals surface area (Å²) in [5.41, 5.74) is 0. The topological polar surface area (TPSA) is 633 Å². The van der Waals surface area contributed by atoms with E-state index in [1.807, 2.05) is 0 Å². The van der Waals surface area contributed by atoms with E-state index in [0.717, 1.165) is 0 Å². The third-order valence-corrected chi connectivity index (χ3v) is 16.9. The maximum Gasteiger partial charge on any atom is 0.187 e. The van der Waals surface area contributed by atoms with Crippen LogP contribution in [0.25, 0.3) is 0 Å². The number of aliphatic hydroxyl groups is 24. The summed E-state index contributed by atoms with van der Waals surface area (Å²) in [6, 6.07) is 0. The zero-order chi connectivity index (χ0) is 64.1. The van der Waals surface area contributed by atoms with Crippen molar-refractivity contribution in [2.45, 2.75) is 246 Å². The number of aliphatic hydroxyl groups excluding tert-OH is 24. The third-order valence-electron chi connectivity index (χ3n) is 16.9. The Morgan fingerprint density at radius 3 is 0.432 bits per heavy atom. The van der Waals surface area contributed by atoms with Crippen LogP contribution in [-0.2, 0) is 75.8 Å². The Balaban J connectivity index is 0.990. The summed E-state index contributed by atoms with van der Waals surface area (Å²) in [7, 11) is 0. The molecular weight excluding hydrogens is 1220 g/mol. The van der Waals surface area contributed by atoms with E-state index in [9.17, 15) is 123 Å². The third kappa shape index (κ3) is 13.8. The van der Waals surface area contributed by atoms with Gasteiger partial charge in [-0.15, -0.1) is 0 Å². The molecule has 512 valence electrons. The van der Waals surface area contributed by atoms with Gasteiger partial charge in [-0.25, -0.2) is 0 Å². The molecule has 26 aliphatic heterocycles. The predicted molar refractivity (Wildman–Crippen MR) is 261 cm³/mol. The summed E-state index contributed by atoms with van der Waals surface area (Å²) >= 11 is 0. The van der Waals surface area contributed by atoms with Gasteiger partial charge in [-0.2, -0.15) is 0 Å². The molecule has 26 aliphatic rings. The lowest BCUT2D eigenvalue weighted by Gasteiger charge is -2.50. The van der Waals surface area contributed by atoms with E-state index in [2.05, 4.69) is 0 Å². The molecule has 0 aromatic carbocycles. The van der Waals surface area contributed by atoms with Gasteiger partial charge in [0.05, 0.1) is 52.9 Å². The van der Waals surface area contributed by atoms with Gasteiger partial charge in [0.15, 0.2) is 50.3 Å². The van der Waals surface area contributed by atoms with Gasteiger partial charge in [0, 0.05) is 0 Å². The summed E-state index contributed by atoms with van der Waals surface area (Å²) in [5.74, 6) is 0. The molecule has 40 nitrogen and oxygen atoms in total. The van der Waals surface area contributed by atoms with Crippen LogP contribution in [0.3, 0.4) is 0 Å². The van der Waals surface area contributed by atoms with Crippen molar-refractivity contribution in [3.8, 4) is 0 Å². The maximum atomic E-state index is 11.6. The van der Waals surface area contributed by atoms with Crippen molar-refractivity contribution in [2.24, 2.45) is 0 Å². The fraction of sp³-hybridized carbons (Fsp3) is 1.00. The quantitative estimate of drug-likeness (QED) is 0.107. The highest BCUT2D eigenvalue weighted by molar-refractivity contribution is 5.02. The predicted octanol–water partition coefficient (Wildman–Crippen LogP) is -17.4. The molecule has 26 rings (SSSR count). The van der Waals surface area contributed by atoms with E-state index in [-0.39, 0.29) is 0 Å². The molecule has 88 heavy (non-hydrogen) atoms. The summed E-state index contributed by atoms with van der Waals surface area (Å²) in [5, 5.41) is 265. The van der Waals surface area contributed by atoms with Crippen molar-refractivity contribution >= 4 is 0 Å². The van der Waals surface area contributed by atoms with Crippen LogP contribution in [0.2, 0.25) is 0 Å². The van der Waals surface area contributed by atoms with Crippen LogP contribution in [0, 0.1) is 0 Å². The molecule has 0 aromatic rings. The SMILES string of the molecule is OCC1O[C@@H]2O[C@@H]3C(CO)O[C@H](O[C@@H]4C(O)[C@@H](OC(CO)[C@H]4O)O[C@@H]4C(CO)O[C@H](O[C@@H]5C(CO)O[C@H](O[C@@H]6C(CO)O[C@H](O[C@@H]7C(CO)O[C@H](O[C@@H]8C(CO)O[C@H](O[C@H]1C(O)[C@@H]2O)C(O)[C@H]8O)C(O)[C@H]7O)C(O)[C@H]6O)C(O)[C@H]5O)C(O)[C@H]4O)C(O)[C@H]3O. The van der Waals surface area contributed by atoms with Gasteiger partial charge >= 0.3 is 0 Å². The Bertz CT molecular complexity index is 2140. The molecule has 0 aromatic heterocycles. The van der Waals surface area contributed by atoms with Gasteiger partial charge in [0.1, 0.15) is 195 Å². The van der Waals surface area contributed by atoms with Gasteiger partial charge in [-0.1, -0.05) is 0 Å². The lowest BCUT2D eigenvalue weighted by molar-refractivity contribution is -0.399. The minimum atomic E-state index is -2.29. The first kappa shape index (κ1) is 70.7. The van der Waals surface area contributed by atoms with Crippen molar-refractivity contribution < 1.29 is 198 Å². The first-order valence-corrected chi connectivity index (χ1v) is 28.1. The lowest BCUT2D eigenvalue weighted by Crippen LogP contribution is -2.68. The minimum absolute atomic E-state index is 1.05. The van der Waals surface area contributed by atoms with E-state index in [1.165, 1.54) is 0 Å². The average molecular weight is 1300 g/mol. The van der Waals surface area contributed by atoms with E-state index >= 15 is 0 Å². The van der Waals surface area contributed by atoms with Crippen molar-refractivity contribution in [3.63, 3.8) is 0 Å². The van der Waals surface area contributed by atoms with Crippen LogP contribution in [0.15, 0.2) is 0 Å². The zero-order valence-corrected chi connectivity index (χ0v) is 46.0. The highest BCUT2D eigenvalue weighted by Crippen LogP contribution is 2.40. The molecular formula is C48H80O40. The van der Waals surface area contributed by atoms with Crippen molar-refractivity contribution in [1.29, 1.82) is 0 Å². The largest absolute Gasteiger partial charge is 0.394 e. The van der Waals surface area contributed by atoms with Gasteiger partial charge in [-0.05, 0) is 0 Å². The average Bonchev–Trinajstić information content (AvgIpc) is 2.52. The Morgan fingerprint density at radius 1 is 0.136 bits per heavy atom. The van der Waals surface area contributed by atoms with Crippen LogP contribution in [-0.4, -0.2) is 421 Å². The second kappa shape index (κ2) is 30.0. The van der Waals surface area contributed by atoms with E-state index in [0.29, 0.717) is 0 Å². The molecule has 0 saturated carbocycles. The Kier molecular flexibility index (Phi) is 24.1. The zero-order valence-electron chi connectivity index (χ0n) is 46.0. The molecule has 0 radical (unpaired) electrons. The van der Waals surface area contributed by atoms with Crippen LogP contribution >= 0.6 is 0 Å². The molecule has 16 unspecified atom stereocenters. The fourth-order valence-electron chi connectivity index (χ4n) is 11.9. The Hall–Kier alpha value is -1.60. The smallest absolute Gasteiger partial charge is 0.187 e. The Labute approximate surface area is 496 Å². The molecule has 0 amide bonds. The summed E-state index contributed by atoms with van der Waals surface area (Å²) in [6.45, 7) is -8.67. The van der Waals surface area contributed by atoms with E-state index < -0.39 is 299 Å². The summed E-state index contributed by atoms with van der Waals surface area (Å²) in [4.78, 5) is 0. The molecule has 40 atom stereocenters.